The lowest BCUT2D eigenvalue weighted by molar-refractivity contribution is 0.669. The summed E-state index contributed by atoms with van der Waals surface area (Å²) in [5.41, 5.74) is 13.4. The topological polar surface area (TPSA) is 64.7 Å². The van der Waals surface area contributed by atoms with Gasteiger partial charge in [-0.15, -0.1) is 0 Å². The first kappa shape index (κ1) is 29.5. The van der Waals surface area contributed by atoms with Gasteiger partial charge in [0.1, 0.15) is 11.2 Å². The van der Waals surface area contributed by atoms with Crippen molar-refractivity contribution in [2.75, 3.05) is 0 Å². The van der Waals surface area contributed by atoms with Crippen LogP contribution in [0.4, 0.5) is 0 Å². The van der Waals surface area contributed by atoms with E-state index < -0.39 is 0 Å². The molecular weight excluding hydrogens is 649 g/mol. The zero-order chi connectivity index (χ0) is 34.9. The molecule has 1 aliphatic rings. The second kappa shape index (κ2) is 11.7. The Morgan fingerprint density at radius 3 is 1.81 bits per heavy atom. The quantitative estimate of drug-likeness (QED) is 0.181. The maximum Gasteiger partial charge on any atom is 0.164 e. The molecule has 7 aromatic carbocycles. The number of hydrogen-bond acceptors (Lipinski definition) is 5. The fourth-order valence-electron chi connectivity index (χ4n) is 7.83. The summed E-state index contributed by atoms with van der Waals surface area (Å²) in [6, 6.07) is 56.7. The number of aromatic nitrogens is 4. The van der Waals surface area contributed by atoms with Crippen molar-refractivity contribution in [3.63, 3.8) is 0 Å². The van der Waals surface area contributed by atoms with E-state index in [9.17, 15) is 0 Å². The number of fused-ring (bicyclic) bond motifs is 6. The first-order chi connectivity index (χ1) is 26.2. The van der Waals surface area contributed by atoms with E-state index in [1.165, 1.54) is 27.5 Å². The number of benzene rings is 7. The van der Waals surface area contributed by atoms with Crippen molar-refractivity contribution in [3.8, 4) is 78.8 Å². The molecule has 0 spiro atoms. The molecule has 0 aliphatic heterocycles. The molecule has 11 rings (SSSR count). The van der Waals surface area contributed by atoms with Crippen LogP contribution in [0, 0.1) is 0 Å². The predicted octanol–water partition coefficient (Wildman–Crippen LogP) is 12.3. The average Bonchev–Trinajstić information content (AvgIpc) is 3.78. The molecule has 0 fully saturated rings. The minimum absolute atomic E-state index is 0.591. The maximum atomic E-state index is 6.27. The Kier molecular flexibility index (Phi) is 6.48. The van der Waals surface area contributed by atoms with Gasteiger partial charge in [-0.05, 0) is 75.2 Å². The molecular formula is C48H28N4O. The number of hydrogen-bond donors (Lipinski definition) is 0. The number of rotatable bonds is 5. The van der Waals surface area contributed by atoms with Crippen LogP contribution in [-0.4, -0.2) is 19.9 Å². The Morgan fingerprint density at radius 2 is 0.981 bits per heavy atom. The molecule has 1 aliphatic carbocycles. The monoisotopic (exact) mass is 676 g/mol. The van der Waals surface area contributed by atoms with Gasteiger partial charge in [0, 0.05) is 44.6 Å². The summed E-state index contributed by atoms with van der Waals surface area (Å²) in [4.78, 5) is 20.3. The predicted molar refractivity (Wildman–Crippen MR) is 214 cm³/mol. The minimum atomic E-state index is 0.591. The van der Waals surface area contributed by atoms with Gasteiger partial charge in [-0.2, -0.15) is 0 Å². The van der Waals surface area contributed by atoms with E-state index in [4.69, 9.17) is 24.4 Å². The lowest BCUT2D eigenvalue weighted by Gasteiger charge is -2.12. The molecule has 0 saturated heterocycles. The standard InChI is InChI=1S/C48H28N4O/c1-2-10-29(11-3-1)31-13-6-15-34(26-31)46-50-47(52-48(51-46)39-19-9-21-42-44(39)38-17-4-5-20-41(38)53-42)35-16-7-14-32(27-35)33-22-23-37-40(28-33)36-18-8-12-30-24-25-49-45(37)43(30)36/h1-28H. The van der Waals surface area contributed by atoms with Crippen LogP contribution in [-0.2, 0) is 0 Å². The molecule has 5 heteroatoms. The number of nitrogens with zero attached hydrogens (tertiary/aromatic N) is 4. The van der Waals surface area contributed by atoms with Crippen LogP contribution in [0.15, 0.2) is 174 Å². The van der Waals surface area contributed by atoms with Crippen molar-refractivity contribution >= 4 is 32.7 Å². The van der Waals surface area contributed by atoms with Crippen molar-refractivity contribution in [3.05, 3.63) is 170 Å². The Labute approximate surface area is 304 Å². The highest BCUT2D eigenvalue weighted by molar-refractivity contribution is 6.14. The molecule has 0 unspecified atom stereocenters. The second-order valence-corrected chi connectivity index (χ2v) is 13.4. The summed E-state index contributed by atoms with van der Waals surface area (Å²) in [6.07, 6.45) is 1.90. The first-order valence-corrected chi connectivity index (χ1v) is 17.7. The maximum absolute atomic E-state index is 6.27. The summed E-state index contributed by atoms with van der Waals surface area (Å²) in [5, 5.41) is 4.45. The highest BCUT2D eigenvalue weighted by Crippen LogP contribution is 2.47. The third-order valence-electron chi connectivity index (χ3n) is 10.3. The Morgan fingerprint density at radius 1 is 0.358 bits per heavy atom. The molecule has 0 amide bonds. The van der Waals surface area contributed by atoms with E-state index in [0.29, 0.717) is 17.5 Å². The lowest BCUT2D eigenvalue weighted by atomic mass is 9.97. The fourth-order valence-corrected chi connectivity index (χ4v) is 7.83. The molecule has 0 bridgehead atoms. The van der Waals surface area contributed by atoms with Crippen molar-refractivity contribution in [1.29, 1.82) is 0 Å². The normalized spacial score (nSPS) is 11.8. The summed E-state index contributed by atoms with van der Waals surface area (Å²) in [6.45, 7) is 0. The van der Waals surface area contributed by atoms with Crippen LogP contribution in [0.25, 0.3) is 112 Å². The number of furan rings is 1. The number of pyridine rings is 1. The Balaban J connectivity index is 1.08. The highest BCUT2D eigenvalue weighted by atomic mass is 16.3. The van der Waals surface area contributed by atoms with E-state index in [0.717, 1.165) is 66.6 Å². The van der Waals surface area contributed by atoms with E-state index in [1.807, 2.05) is 42.6 Å². The first-order valence-electron chi connectivity index (χ1n) is 17.7. The summed E-state index contributed by atoms with van der Waals surface area (Å²) >= 11 is 0. The zero-order valence-corrected chi connectivity index (χ0v) is 28.4. The Bertz CT molecular complexity index is 3070. The third kappa shape index (κ3) is 4.79. The van der Waals surface area contributed by atoms with E-state index in [-0.39, 0.29) is 0 Å². The van der Waals surface area contributed by atoms with Crippen LogP contribution in [0.3, 0.4) is 0 Å². The van der Waals surface area contributed by atoms with Gasteiger partial charge in [0.2, 0.25) is 0 Å². The van der Waals surface area contributed by atoms with Gasteiger partial charge in [-0.1, -0.05) is 127 Å². The van der Waals surface area contributed by atoms with Crippen molar-refractivity contribution < 1.29 is 4.42 Å². The SMILES string of the molecule is c1ccc(-c2cccc(-c3nc(-c4cccc(-c5ccc6c(c5)-c5cccc7ccnc-6c57)c4)nc(-c4cccc5oc6ccccc6c45)n3)c2)cc1. The largest absolute Gasteiger partial charge is 0.456 e. The minimum Gasteiger partial charge on any atom is -0.456 e. The lowest BCUT2D eigenvalue weighted by Crippen LogP contribution is -2.00. The van der Waals surface area contributed by atoms with Crippen LogP contribution in [0.5, 0.6) is 0 Å². The molecule has 0 N–H and O–H groups in total. The van der Waals surface area contributed by atoms with E-state index in [1.54, 1.807) is 0 Å². The fraction of sp³-hybridized carbons (Fsp3) is 0. The van der Waals surface area contributed by atoms with Gasteiger partial charge >= 0.3 is 0 Å². The number of para-hydroxylation sites is 1. The molecule has 53 heavy (non-hydrogen) atoms. The van der Waals surface area contributed by atoms with Crippen molar-refractivity contribution in [2.45, 2.75) is 0 Å². The van der Waals surface area contributed by atoms with Crippen LogP contribution in [0.1, 0.15) is 0 Å². The molecule has 10 aromatic rings. The van der Waals surface area contributed by atoms with Gasteiger partial charge in [0.15, 0.2) is 17.5 Å². The molecule has 3 heterocycles. The van der Waals surface area contributed by atoms with E-state index >= 15 is 0 Å². The third-order valence-corrected chi connectivity index (χ3v) is 10.3. The van der Waals surface area contributed by atoms with Gasteiger partial charge in [0.25, 0.3) is 0 Å². The summed E-state index contributed by atoms with van der Waals surface area (Å²) < 4.78 is 6.27. The Hall–Kier alpha value is -7.24. The van der Waals surface area contributed by atoms with Crippen LogP contribution in [0.2, 0.25) is 0 Å². The van der Waals surface area contributed by atoms with E-state index in [2.05, 4.69) is 127 Å². The zero-order valence-electron chi connectivity index (χ0n) is 28.4. The smallest absolute Gasteiger partial charge is 0.164 e. The average molecular weight is 677 g/mol. The van der Waals surface area contributed by atoms with Crippen molar-refractivity contribution in [1.82, 2.24) is 19.9 Å². The molecule has 5 nitrogen and oxygen atoms in total. The van der Waals surface area contributed by atoms with Crippen LogP contribution >= 0.6 is 0 Å². The molecule has 3 aromatic heterocycles. The molecule has 0 atom stereocenters. The molecule has 246 valence electrons. The van der Waals surface area contributed by atoms with Crippen LogP contribution < -0.4 is 0 Å². The molecule has 0 saturated carbocycles. The van der Waals surface area contributed by atoms with Gasteiger partial charge in [-0.25, -0.2) is 15.0 Å². The summed E-state index contributed by atoms with van der Waals surface area (Å²) in [5.74, 6) is 1.80. The van der Waals surface area contributed by atoms with Gasteiger partial charge in [-0.3, -0.25) is 4.98 Å². The summed E-state index contributed by atoms with van der Waals surface area (Å²) in [7, 11) is 0. The highest BCUT2D eigenvalue weighted by Gasteiger charge is 2.23. The molecule has 0 radical (unpaired) electrons. The second-order valence-electron chi connectivity index (χ2n) is 13.4. The van der Waals surface area contributed by atoms with Gasteiger partial charge in [0.05, 0.1) is 5.69 Å². The van der Waals surface area contributed by atoms with Crippen molar-refractivity contribution in [2.24, 2.45) is 0 Å². The van der Waals surface area contributed by atoms with Gasteiger partial charge < -0.3 is 4.42 Å².